The maximum atomic E-state index is 13.9. The summed E-state index contributed by atoms with van der Waals surface area (Å²) in [6, 6.07) is 2.43. The molecule has 116 valence electrons. The molecule has 1 saturated heterocycles. The molecule has 1 aromatic carbocycles. The van der Waals surface area contributed by atoms with Crippen molar-refractivity contribution in [1.29, 1.82) is 0 Å². The van der Waals surface area contributed by atoms with Crippen LogP contribution in [-0.4, -0.2) is 42.8 Å². The van der Waals surface area contributed by atoms with E-state index in [9.17, 15) is 18.7 Å². The Morgan fingerprint density at radius 3 is 2.71 bits per heavy atom. The van der Waals surface area contributed by atoms with E-state index in [-0.39, 0.29) is 5.56 Å². The average Bonchev–Trinajstić information content (AvgIpc) is 2.44. The van der Waals surface area contributed by atoms with Crippen molar-refractivity contribution in [3.05, 3.63) is 35.4 Å². The molecule has 1 aromatic rings. The molecule has 6 heteroatoms. The van der Waals surface area contributed by atoms with E-state index in [4.69, 9.17) is 4.74 Å². The summed E-state index contributed by atoms with van der Waals surface area (Å²) in [5.74, 6) is -3.00. The van der Waals surface area contributed by atoms with Gasteiger partial charge in [-0.05, 0) is 31.9 Å². The van der Waals surface area contributed by atoms with Gasteiger partial charge in [0, 0.05) is 25.3 Å². The molecule has 1 unspecified atom stereocenters. The largest absolute Gasteiger partial charge is 0.480 e. The van der Waals surface area contributed by atoms with Gasteiger partial charge >= 0.3 is 5.97 Å². The zero-order valence-electron chi connectivity index (χ0n) is 11.9. The number of aliphatic carboxylic acids is 1. The van der Waals surface area contributed by atoms with Crippen LogP contribution in [0.3, 0.4) is 0 Å². The van der Waals surface area contributed by atoms with Crippen LogP contribution in [0.4, 0.5) is 8.78 Å². The first-order chi connectivity index (χ1) is 10.0. The molecule has 4 nitrogen and oxygen atoms in total. The van der Waals surface area contributed by atoms with Gasteiger partial charge in [0.1, 0.15) is 6.04 Å². The molecule has 1 N–H and O–H groups in total. The molecular formula is C15H19F2NO3. The number of nitrogens with zero attached hydrogens (tertiary/aromatic N) is 1. The van der Waals surface area contributed by atoms with Gasteiger partial charge in [0.05, 0.1) is 0 Å². The Kier molecular flexibility index (Phi) is 5.25. The monoisotopic (exact) mass is 299 g/mol. The Bertz CT molecular complexity index is 504. The van der Waals surface area contributed by atoms with Gasteiger partial charge in [-0.3, -0.25) is 9.69 Å². The Morgan fingerprint density at radius 2 is 2.10 bits per heavy atom. The normalized spacial score (nSPS) is 17.9. The SMILES string of the molecule is CN(CC1CCOCC1)C(C(=O)O)c1cccc(F)c1F. The second kappa shape index (κ2) is 6.95. The van der Waals surface area contributed by atoms with Gasteiger partial charge in [-0.1, -0.05) is 12.1 Å². The number of likely N-dealkylation sites (N-methyl/N-ethyl adjacent to an activating group) is 1. The highest BCUT2D eigenvalue weighted by Crippen LogP contribution is 2.26. The van der Waals surface area contributed by atoms with Crippen molar-refractivity contribution in [3.8, 4) is 0 Å². The van der Waals surface area contributed by atoms with Gasteiger partial charge in [-0.15, -0.1) is 0 Å². The molecule has 0 radical (unpaired) electrons. The molecule has 0 bridgehead atoms. The fourth-order valence-corrected chi connectivity index (χ4v) is 2.73. The van der Waals surface area contributed by atoms with E-state index in [1.165, 1.54) is 12.1 Å². The van der Waals surface area contributed by atoms with Crippen molar-refractivity contribution in [2.45, 2.75) is 18.9 Å². The van der Waals surface area contributed by atoms with Crippen LogP contribution in [-0.2, 0) is 9.53 Å². The number of ether oxygens (including phenoxy) is 1. The van der Waals surface area contributed by atoms with Gasteiger partial charge in [0.25, 0.3) is 0 Å². The minimum Gasteiger partial charge on any atom is -0.480 e. The molecule has 0 aromatic heterocycles. The Hall–Kier alpha value is -1.53. The van der Waals surface area contributed by atoms with Gasteiger partial charge in [-0.2, -0.15) is 0 Å². The number of rotatable bonds is 5. The van der Waals surface area contributed by atoms with E-state index in [1.807, 2.05) is 0 Å². The van der Waals surface area contributed by atoms with Crippen LogP contribution in [0, 0.1) is 17.6 Å². The minimum atomic E-state index is -1.19. The van der Waals surface area contributed by atoms with Crippen LogP contribution >= 0.6 is 0 Å². The van der Waals surface area contributed by atoms with Crippen molar-refractivity contribution < 1.29 is 23.4 Å². The number of carbonyl (C=O) groups is 1. The van der Waals surface area contributed by atoms with E-state index in [0.29, 0.717) is 25.7 Å². The average molecular weight is 299 g/mol. The third kappa shape index (κ3) is 3.77. The summed E-state index contributed by atoms with van der Waals surface area (Å²) in [5.41, 5.74) is -0.142. The molecule has 1 atom stereocenters. The Morgan fingerprint density at radius 1 is 1.43 bits per heavy atom. The minimum absolute atomic E-state index is 0.142. The van der Waals surface area contributed by atoms with Crippen LogP contribution in [0.2, 0.25) is 0 Å². The van der Waals surface area contributed by atoms with E-state index in [1.54, 1.807) is 11.9 Å². The van der Waals surface area contributed by atoms with Crippen molar-refractivity contribution in [3.63, 3.8) is 0 Å². The molecule has 0 aliphatic carbocycles. The zero-order chi connectivity index (χ0) is 15.4. The van der Waals surface area contributed by atoms with Gasteiger partial charge in [-0.25, -0.2) is 8.78 Å². The van der Waals surface area contributed by atoms with Gasteiger partial charge < -0.3 is 9.84 Å². The molecule has 1 aliphatic rings. The molecule has 1 fully saturated rings. The lowest BCUT2D eigenvalue weighted by Crippen LogP contribution is -2.36. The number of carboxylic acids is 1. The third-order valence-electron chi connectivity index (χ3n) is 3.84. The Labute approximate surface area is 122 Å². The number of benzene rings is 1. The molecule has 1 heterocycles. The summed E-state index contributed by atoms with van der Waals surface area (Å²) in [6.45, 7) is 1.82. The Balaban J connectivity index is 2.17. The zero-order valence-corrected chi connectivity index (χ0v) is 11.9. The number of hydrogen-bond donors (Lipinski definition) is 1. The van der Waals surface area contributed by atoms with Crippen molar-refractivity contribution >= 4 is 5.97 Å². The molecular weight excluding hydrogens is 280 g/mol. The number of halogens is 2. The fourth-order valence-electron chi connectivity index (χ4n) is 2.73. The van der Waals surface area contributed by atoms with E-state index in [2.05, 4.69) is 0 Å². The highest BCUT2D eigenvalue weighted by Gasteiger charge is 2.30. The molecule has 0 saturated carbocycles. The van der Waals surface area contributed by atoms with Gasteiger partial charge in [0.15, 0.2) is 11.6 Å². The van der Waals surface area contributed by atoms with Crippen molar-refractivity contribution in [1.82, 2.24) is 4.90 Å². The topological polar surface area (TPSA) is 49.8 Å². The predicted molar refractivity (Wildman–Crippen MR) is 72.9 cm³/mol. The van der Waals surface area contributed by atoms with Crippen molar-refractivity contribution in [2.75, 3.05) is 26.8 Å². The van der Waals surface area contributed by atoms with Gasteiger partial charge in [0.2, 0.25) is 0 Å². The summed E-state index contributed by atoms with van der Waals surface area (Å²) in [5, 5.41) is 9.39. The lowest BCUT2D eigenvalue weighted by Gasteiger charge is -2.31. The van der Waals surface area contributed by atoms with E-state index >= 15 is 0 Å². The maximum Gasteiger partial charge on any atom is 0.325 e. The molecule has 21 heavy (non-hydrogen) atoms. The summed E-state index contributed by atoms with van der Waals surface area (Å²) >= 11 is 0. The highest BCUT2D eigenvalue weighted by molar-refractivity contribution is 5.75. The van der Waals surface area contributed by atoms with Crippen LogP contribution in [0.5, 0.6) is 0 Å². The first-order valence-electron chi connectivity index (χ1n) is 6.95. The summed E-state index contributed by atoms with van der Waals surface area (Å²) in [6.07, 6.45) is 1.70. The quantitative estimate of drug-likeness (QED) is 0.907. The van der Waals surface area contributed by atoms with E-state index < -0.39 is 23.6 Å². The van der Waals surface area contributed by atoms with Crippen LogP contribution in [0.15, 0.2) is 18.2 Å². The summed E-state index contributed by atoms with van der Waals surface area (Å²) < 4.78 is 32.5. The maximum absolute atomic E-state index is 13.9. The van der Waals surface area contributed by atoms with Crippen LogP contribution < -0.4 is 0 Å². The van der Waals surface area contributed by atoms with Crippen LogP contribution in [0.25, 0.3) is 0 Å². The second-order valence-corrected chi connectivity index (χ2v) is 5.38. The highest BCUT2D eigenvalue weighted by atomic mass is 19.2. The molecule has 0 amide bonds. The second-order valence-electron chi connectivity index (χ2n) is 5.38. The standard InChI is InChI=1S/C15H19F2NO3/c1-18(9-10-5-7-21-8-6-10)14(15(19)20)11-3-2-4-12(16)13(11)17/h2-4,10,14H,5-9H2,1H3,(H,19,20). The van der Waals surface area contributed by atoms with Crippen molar-refractivity contribution in [2.24, 2.45) is 5.92 Å². The summed E-state index contributed by atoms with van der Waals surface area (Å²) in [4.78, 5) is 13.1. The molecule has 0 spiro atoms. The fraction of sp³-hybridized carbons (Fsp3) is 0.533. The first kappa shape index (κ1) is 15.9. The smallest absolute Gasteiger partial charge is 0.325 e. The summed E-state index contributed by atoms with van der Waals surface area (Å²) in [7, 11) is 1.62. The predicted octanol–water partition coefficient (Wildman–Crippen LogP) is 2.45. The number of hydrogen-bond acceptors (Lipinski definition) is 3. The lowest BCUT2D eigenvalue weighted by molar-refractivity contribution is -0.143. The lowest BCUT2D eigenvalue weighted by atomic mass is 9.97. The van der Waals surface area contributed by atoms with E-state index in [0.717, 1.165) is 18.9 Å². The molecule has 1 aliphatic heterocycles. The van der Waals surface area contributed by atoms with Crippen LogP contribution in [0.1, 0.15) is 24.4 Å². The first-order valence-corrected chi connectivity index (χ1v) is 6.95. The third-order valence-corrected chi connectivity index (χ3v) is 3.84. The molecule has 2 rings (SSSR count). The number of carboxylic acid groups (broad SMARTS) is 1.